The number of amides is 1. The maximum absolute atomic E-state index is 13.3. The Kier molecular flexibility index (Phi) is 8.04. The van der Waals surface area contributed by atoms with Gasteiger partial charge in [-0.15, -0.1) is 11.3 Å². The van der Waals surface area contributed by atoms with Gasteiger partial charge in [0.2, 0.25) is 15.9 Å². The standard InChI is InChI=1S/C24H27ClN4O5S2/c1-26-24-28-20(14-35-24)15-6-8-22(34-3)19(11-15)27-23(30)16-5-4-10-29(13-16)36(31,32)17-7-9-21(33-2)18(25)12-17/h6-9,11-12,14,16H,4-5,10,13H2,1-3H3,(H,26,28)(H,27,30)/t16-/m1/s1. The molecule has 0 unspecified atom stereocenters. The average molecular weight is 551 g/mol. The number of piperidine rings is 1. The number of thiazole rings is 1. The minimum absolute atomic E-state index is 0.0629. The fourth-order valence-corrected chi connectivity index (χ4v) is 6.61. The molecular weight excluding hydrogens is 524 g/mol. The van der Waals surface area contributed by atoms with E-state index in [4.69, 9.17) is 21.1 Å². The largest absolute Gasteiger partial charge is 0.495 e. The Morgan fingerprint density at radius 3 is 2.58 bits per heavy atom. The van der Waals surface area contributed by atoms with Gasteiger partial charge in [0.25, 0.3) is 0 Å². The smallest absolute Gasteiger partial charge is 0.243 e. The molecule has 0 spiro atoms. The number of nitrogens with zero attached hydrogens (tertiary/aromatic N) is 2. The lowest BCUT2D eigenvalue weighted by Crippen LogP contribution is -2.43. The first-order valence-corrected chi connectivity index (χ1v) is 13.9. The third kappa shape index (κ3) is 5.44. The second kappa shape index (κ2) is 11.0. The van der Waals surface area contributed by atoms with E-state index < -0.39 is 15.9 Å². The maximum Gasteiger partial charge on any atom is 0.243 e. The zero-order valence-corrected chi connectivity index (χ0v) is 22.5. The number of carbonyl (C=O) groups excluding carboxylic acids is 1. The van der Waals surface area contributed by atoms with Crippen LogP contribution >= 0.6 is 22.9 Å². The number of nitrogens with one attached hydrogen (secondary N) is 2. The number of hydrogen-bond acceptors (Lipinski definition) is 8. The van der Waals surface area contributed by atoms with E-state index in [1.54, 1.807) is 13.1 Å². The van der Waals surface area contributed by atoms with Crippen LogP contribution in [0.3, 0.4) is 0 Å². The fraction of sp³-hybridized carbons (Fsp3) is 0.333. The number of rotatable bonds is 8. The summed E-state index contributed by atoms with van der Waals surface area (Å²) in [4.78, 5) is 17.8. The summed E-state index contributed by atoms with van der Waals surface area (Å²) in [6, 6.07) is 9.80. The van der Waals surface area contributed by atoms with Crippen molar-refractivity contribution in [1.82, 2.24) is 9.29 Å². The molecule has 2 heterocycles. The van der Waals surface area contributed by atoms with Gasteiger partial charge in [-0.3, -0.25) is 4.79 Å². The van der Waals surface area contributed by atoms with Crippen molar-refractivity contribution in [1.29, 1.82) is 0 Å². The zero-order valence-electron chi connectivity index (χ0n) is 20.1. The van der Waals surface area contributed by atoms with E-state index in [1.807, 2.05) is 17.5 Å². The Labute approximate surface area is 219 Å². The van der Waals surface area contributed by atoms with Crippen LogP contribution in [-0.2, 0) is 14.8 Å². The molecule has 1 atom stereocenters. The van der Waals surface area contributed by atoms with E-state index in [2.05, 4.69) is 15.6 Å². The van der Waals surface area contributed by atoms with Crippen molar-refractivity contribution >= 4 is 49.7 Å². The minimum Gasteiger partial charge on any atom is -0.495 e. The van der Waals surface area contributed by atoms with Crippen molar-refractivity contribution in [3.05, 3.63) is 46.8 Å². The second-order valence-corrected chi connectivity index (χ2v) is 11.4. The van der Waals surface area contributed by atoms with Crippen molar-refractivity contribution < 1.29 is 22.7 Å². The number of sulfonamides is 1. The van der Waals surface area contributed by atoms with Crippen LogP contribution < -0.4 is 20.1 Å². The number of hydrogen-bond donors (Lipinski definition) is 2. The van der Waals surface area contributed by atoms with Crippen LogP contribution in [0.2, 0.25) is 5.02 Å². The zero-order chi connectivity index (χ0) is 25.9. The maximum atomic E-state index is 13.3. The monoisotopic (exact) mass is 550 g/mol. The fourth-order valence-electron chi connectivity index (χ4n) is 4.05. The Morgan fingerprint density at radius 1 is 1.17 bits per heavy atom. The number of aromatic nitrogens is 1. The molecule has 1 saturated heterocycles. The lowest BCUT2D eigenvalue weighted by molar-refractivity contribution is -0.120. The van der Waals surface area contributed by atoms with Crippen molar-refractivity contribution in [2.75, 3.05) is 45.0 Å². The Hall–Kier alpha value is -2.86. The predicted molar refractivity (Wildman–Crippen MR) is 142 cm³/mol. The number of anilines is 2. The van der Waals surface area contributed by atoms with E-state index in [0.29, 0.717) is 36.6 Å². The molecule has 0 radical (unpaired) electrons. The van der Waals surface area contributed by atoms with Crippen LogP contribution in [0.25, 0.3) is 11.3 Å². The molecule has 0 bridgehead atoms. The minimum atomic E-state index is -3.83. The van der Waals surface area contributed by atoms with Crippen LogP contribution in [0.15, 0.2) is 46.7 Å². The van der Waals surface area contributed by atoms with Crippen molar-refractivity contribution in [3.63, 3.8) is 0 Å². The van der Waals surface area contributed by atoms with E-state index >= 15 is 0 Å². The number of ether oxygens (including phenoxy) is 2. The molecular formula is C24H27ClN4O5S2. The summed E-state index contributed by atoms with van der Waals surface area (Å²) in [5.74, 6) is 0.102. The summed E-state index contributed by atoms with van der Waals surface area (Å²) in [5.41, 5.74) is 2.10. The van der Waals surface area contributed by atoms with Gasteiger partial charge >= 0.3 is 0 Å². The van der Waals surface area contributed by atoms with Crippen LogP contribution in [0.5, 0.6) is 11.5 Å². The molecule has 2 aromatic carbocycles. The quantitative estimate of drug-likeness (QED) is 0.423. The molecule has 1 aromatic heterocycles. The van der Waals surface area contributed by atoms with Gasteiger partial charge in [0.1, 0.15) is 11.5 Å². The first-order chi connectivity index (χ1) is 17.3. The highest BCUT2D eigenvalue weighted by Gasteiger charge is 2.34. The highest BCUT2D eigenvalue weighted by Crippen LogP contribution is 2.34. The van der Waals surface area contributed by atoms with Crippen molar-refractivity contribution in [2.45, 2.75) is 17.7 Å². The topological polar surface area (TPSA) is 110 Å². The highest BCUT2D eigenvalue weighted by molar-refractivity contribution is 7.89. The van der Waals surface area contributed by atoms with Gasteiger partial charge in [0.15, 0.2) is 5.13 Å². The molecule has 0 aliphatic carbocycles. The van der Waals surface area contributed by atoms with Crippen LogP contribution in [0.1, 0.15) is 12.8 Å². The number of halogens is 1. The summed E-state index contributed by atoms with van der Waals surface area (Å²) in [7, 11) is 0.968. The SMILES string of the molecule is CNc1nc(-c2ccc(OC)c(NC(=O)[C@@H]3CCCN(S(=O)(=O)c4ccc(OC)c(Cl)c4)C3)c2)cs1. The van der Waals surface area contributed by atoms with Crippen LogP contribution in [0.4, 0.5) is 10.8 Å². The third-order valence-electron chi connectivity index (χ3n) is 5.99. The molecule has 12 heteroatoms. The van der Waals surface area contributed by atoms with Gasteiger partial charge < -0.3 is 20.1 Å². The highest BCUT2D eigenvalue weighted by atomic mass is 35.5. The lowest BCUT2D eigenvalue weighted by Gasteiger charge is -2.31. The lowest BCUT2D eigenvalue weighted by atomic mass is 9.98. The van der Waals surface area contributed by atoms with Crippen molar-refractivity contribution in [3.8, 4) is 22.8 Å². The van der Waals surface area contributed by atoms with Gasteiger partial charge in [-0.05, 0) is 49.2 Å². The Morgan fingerprint density at radius 2 is 1.92 bits per heavy atom. The molecule has 36 heavy (non-hydrogen) atoms. The van der Waals surface area contributed by atoms with E-state index in [0.717, 1.165) is 16.4 Å². The Bertz CT molecular complexity index is 1360. The molecule has 2 N–H and O–H groups in total. The molecule has 1 amide bonds. The normalized spacial score (nSPS) is 16.4. The molecule has 0 saturated carbocycles. The van der Waals surface area contributed by atoms with Gasteiger partial charge in [0.05, 0.1) is 41.4 Å². The molecule has 1 fully saturated rings. The average Bonchev–Trinajstić information content (AvgIpc) is 3.38. The van der Waals surface area contributed by atoms with Crippen LogP contribution in [-0.4, -0.2) is 58.0 Å². The molecule has 9 nitrogen and oxygen atoms in total. The van der Waals surface area contributed by atoms with Crippen molar-refractivity contribution in [2.24, 2.45) is 5.92 Å². The number of carbonyl (C=O) groups is 1. The third-order valence-corrected chi connectivity index (χ3v) is 9.00. The molecule has 3 aromatic rings. The first kappa shape index (κ1) is 26.2. The van der Waals surface area contributed by atoms with Gasteiger partial charge in [-0.25, -0.2) is 13.4 Å². The van der Waals surface area contributed by atoms with E-state index in [9.17, 15) is 13.2 Å². The molecule has 192 valence electrons. The molecule has 1 aliphatic heterocycles. The summed E-state index contributed by atoms with van der Waals surface area (Å²) in [6.45, 7) is 0.392. The van der Waals surface area contributed by atoms with E-state index in [1.165, 1.54) is 48.1 Å². The first-order valence-electron chi connectivity index (χ1n) is 11.2. The second-order valence-electron chi connectivity index (χ2n) is 8.19. The molecule has 1 aliphatic rings. The number of methoxy groups -OCH3 is 2. The van der Waals surface area contributed by atoms with Gasteiger partial charge in [-0.2, -0.15) is 4.31 Å². The summed E-state index contributed by atoms with van der Waals surface area (Å²) in [6.07, 6.45) is 1.13. The van der Waals surface area contributed by atoms with E-state index in [-0.39, 0.29) is 22.4 Å². The summed E-state index contributed by atoms with van der Waals surface area (Å²) < 4.78 is 38.4. The van der Waals surface area contributed by atoms with Crippen LogP contribution in [0, 0.1) is 5.92 Å². The summed E-state index contributed by atoms with van der Waals surface area (Å²) >= 11 is 7.63. The summed E-state index contributed by atoms with van der Waals surface area (Å²) in [5, 5.41) is 8.86. The number of benzene rings is 2. The van der Waals surface area contributed by atoms with Gasteiger partial charge in [0, 0.05) is 31.1 Å². The molecule has 4 rings (SSSR count). The Balaban J connectivity index is 1.52. The predicted octanol–water partition coefficient (Wildman–Crippen LogP) is 4.56. The van der Waals surface area contributed by atoms with Gasteiger partial charge in [-0.1, -0.05) is 11.6 Å².